The largest absolute Gasteiger partial charge is 0.258 e. The monoisotopic (exact) mass is 184 g/mol. The number of hydrazine groups is 1. The van der Waals surface area contributed by atoms with Gasteiger partial charge < -0.3 is 0 Å². The standard InChI is InChI=1S/C11H24N2/c1-5-11-8-10(9(2)3)6-7-13(11)12-4/h9-12H,5-8H2,1-4H3/t10?,11-/m0/s1. The summed E-state index contributed by atoms with van der Waals surface area (Å²) in [6.07, 6.45) is 3.99. The highest BCUT2D eigenvalue weighted by molar-refractivity contribution is 4.79. The molecule has 0 saturated carbocycles. The first-order valence-electron chi connectivity index (χ1n) is 5.63. The molecule has 1 saturated heterocycles. The van der Waals surface area contributed by atoms with Gasteiger partial charge in [-0.15, -0.1) is 0 Å². The van der Waals surface area contributed by atoms with Crippen molar-refractivity contribution in [3.05, 3.63) is 0 Å². The van der Waals surface area contributed by atoms with Gasteiger partial charge >= 0.3 is 0 Å². The zero-order valence-electron chi connectivity index (χ0n) is 9.51. The topological polar surface area (TPSA) is 15.3 Å². The second-order valence-corrected chi connectivity index (χ2v) is 4.51. The summed E-state index contributed by atoms with van der Waals surface area (Å²) in [4.78, 5) is 0. The molecule has 0 radical (unpaired) electrons. The fraction of sp³-hybridized carbons (Fsp3) is 1.00. The van der Waals surface area contributed by atoms with Crippen LogP contribution < -0.4 is 5.43 Å². The van der Waals surface area contributed by atoms with E-state index in [4.69, 9.17) is 0 Å². The average molecular weight is 184 g/mol. The van der Waals surface area contributed by atoms with Crippen LogP contribution in [0.3, 0.4) is 0 Å². The molecule has 0 amide bonds. The predicted octanol–water partition coefficient (Wildman–Crippen LogP) is 2.27. The zero-order chi connectivity index (χ0) is 9.84. The lowest BCUT2D eigenvalue weighted by atomic mass is 9.83. The predicted molar refractivity (Wildman–Crippen MR) is 57.4 cm³/mol. The van der Waals surface area contributed by atoms with Gasteiger partial charge in [-0.2, -0.15) is 0 Å². The molecule has 13 heavy (non-hydrogen) atoms. The molecule has 1 aliphatic rings. The van der Waals surface area contributed by atoms with Crippen molar-refractivity contribution in [2.75, 3.05) is 13.6 Å². The minimum atomic E-state index is 0.756. The van der Waals surface area contributed by atoms with E-state index in [0.717, 1.165) is 17.9 Å². The Morgan fingerprint density at radius 2 is 2.15 bits per heavy atom. The maximum absolute atomic E-state index is 3.30. The summed E-state index contributed by atoms with van der Waals surface area (Å²) in [5, 5.41) is 2.40. The van der Waals surface area contributed by atoms with Crippen molar-refractivity contribution in [2.45, 2.75) is 46.1 Å². The molecule has 0 aromatic heterocycles. The summed E-state index contributed by atoms with van der Waals surface area (Å²) in [5.74, 6) is 1.79. The zero-order valence-corrected chi connectivity index (χ0v) is 9.51. The van der Waals surface area contributed by atoms with Gasteiger partial charge in [0, 0.05) is 12.6 Å². The smallest absolute Gasteiger partial charge is 0.0243 e. The van der Waals surface area contributed by atoms with Crippen LogP contribution in [0, 0.1) is 11.8 Å². The molecule has 1 fully saturated rings. The number of hydrogen-bond donors (Lipinski definition) is 1. The van der Waals surface area contributed by atoms with E-state index in [0.29, 0.717) is 0 Å². The second kappa shape index (κ2) is 4.97. The summed E-state index contributed by atoms with van der Waals surface area (Å²) >= 11 is 0. The van der Waals surface area contributed by atoms with E-state index >= 15 is 0 Å². The van der Waals surface area contributed by atoms with Crippen molar-refractivity contribution in [1.82, 2.24) is 10.4 Å². The molecule has 0 aliphatic carbocycles. The van der Waals surface area contributed by atoms with E-state index in [-0.39, 0.29) is 0 Å². The molecule has 2 nitrogen and oxygen atoms in total. The third-order valence-corrected chi connectivity index (χ3v) is 3.46. The Morgan fingerprint density at radius 1 is 1.46 bits per heavy atom. The lowest BCUT2D eigenvalue weighted by Crippen LogP contribution is -2.49. The number of hydrogen-bond acceptors (Lipinski definition) is 2. The first kappa shape index (κ1) is 11.0. The van der Waals surface area contributed by atoms with E-state index in [1.54, 1.807) is 0 Å². The molecule has 0 aromatic rings. The Bertz CT molecular complexity index is 145. The highest BCUT2D eigenvalue weighted by Gasteiger charge is 2.27. The number of nitrogens with zero attached hydrogens (tertiary/aromatic N) is 1. The Labute approximate surface area is 82.7 Å². The van der Waals surface area contributed by atoms with Crippen LogP contribution in [0.25, 0.3) is 0 Å². The van der Waals surface area contributed by atoms with Gasteiger partial charge in [0.05, 0.1) is 0 Å². The van der Waals surface area contributed by atoms with Gasteiger partial charge in [-0.3, -0.25) is 5.43 Å². The molecule has 1 aliphatic heterocycles. The molecule has 0 aromatic carbocycles. The Hall–Kier alpha value is -0.0800. The van der Waals surface area contributed by atoms with Gasteiger partial charge in [-0.1, -0.05) is 20.8 Å². The molecule has 1 N–H and O–H groups in total. The summed E-state index contributed by atoms with van der Waals surface area (Å²) < 4.78 is 0. The lowest BCUT2D eigenvalue weighted by Gasteiger charge is -2.39. The molecule has 2 atom stereocenters. The normalized spacial score (nSPS) is 31.2. The molecule has 78 valence electrons. The van der Waals surface area contributed by atoms with Crippen LogP contribution in [0.2, 0.25) is 0 Å². The summed E-state index contributed by atoms with van der Waals surface area (Å²) in [5.41, 5.74) is 3.30. The van der Waals surface area contributed by atoms with Gasteiger partial charge in [-0.25, -0.2) is 5.01 Å². The summed E-state index contributed by atoms with van der Waals surface area (Å²) in [6.45, 7) is 8.22. The van der Waals surface area contributed by atoms with E-state index < -0.39 is 0 Å². The highest BCUT2D eigenvalue weighted by atomic mass is 15.5. The van der Waals surface area contributed by atoms with Crippen LogP contribution in [0.5, 0.6) is 0 Å². The Kier molecular flexibility index (Phi) is 4.20. The fourth-order valence-corrected chi connectivity index (χ4v) is 2.37. The Morgan fingerprint density at radius 3 is 2.62 bits per heavy atom. The van der Waals surface area contributed by atoms with Crippen molar-refractivity contribution in [2.24, 2.45) is 11.8 Å². The van der Waals surface area contributed by atoms with Crippen molar-refractivity contribution < 1.29 is 0 Å². The van der Waals surface area contributed by atoms with Gasteiger partial charge in [0.1, 0.15) is 0 Å². The van der Waals surface area contributed by atoms with Gasteiger partial charge in [-0.05, 0) is 38.1 Å². The third kappa shape index (κ3) is 2.68. The highest BCUT2D eigenvalue weighted by Crippen LogP contribution is 2.28. The first-order chi connectivity index (χ1) is 6.19. The average Bonchev–Trinajstić information content (AvgIpc) is 2.16. The van der Waals surface area contributed by atoms with Crippen molar-refractivity contribution in [1.29, 1.82) is 0 Å². The van der Waals surface area contributed by atoms with E-state index in [9.17, 15) is 0 Å². The molecule has 1 heterocycles. The first-order valence-corrected chi connectivity index (χ1v) is 5.63. The third-order valence-electron chi connectivity index (χ3n) is 3.46. The summed E-state index contributed by atoms with van der Waals surface area (Å²) in [7, 11) is 2.04. The van der Waals surface area contributed by atoms with Gasteiger partial charge in [0.2, 0.25) is 0 Å². The van der Waals surface area contributed by atoms with Crippen LogP contribution >= 0.6 is 0 Å². The fourth-order valence-electron chi connectivity index (χ4n) is 2.37. The molecule has 2 heteroatoms. The van der Waals surface area contributed by atoms with Gasteiger partial charge in [0.15, 0.2) is 0 Å². The minimum Gasteiger partial charge on any atom is -0.258 e. The molecule has 1 unspecified atom stereocenters. The Balaban J connectivity index is 2.47. The van der Waals surface area contributed by atoms with E-state index in [2.05, 4.69) is 31.2 Å². The minimum absolute atomic E-state index is 0.756. The summed E-state index contributed by atoms with van der Waals surface area (Å²) in [6, 6.07) is 0.756. The maximum Gasteiger partial charge on any atom is 0.0243 e. The number of rotatable bonds is 3. The van der Waals surface area contributed by atoms with Crippen LogP contribution in [0.4, 0.5) is 0 Å². The van der Waals surface area contributed by atoms with Crippen molar-refractivity contribution in [3.63, 3.8) is 0 Å². The number of nitrogens with one attached hydrogen (secondary N) is 1. The molecular formula is C11H24N2. The van der Waals surface area contributed by atoms with Crippen LogP contribution in [-0.4, -0.2) is 24.6 Å². The quantitative estimate of drug-likeness (QED) is 0.724. The van der Waals surface area contributed by atoms with E-state index in [1.807, 2.05) is 7.05 Å². The van der Waals surface area contributed by atoms with Crippen LogP contribution in [0.15, 0.2) is 0 Å². The second-order valence-electron chi connectivity index (χ2n) is 4.51. The van der Waals surface area contributed by atoms with Crippen LogP contribution in [0.1, 0.15) is 40.0 Å². The van der Waals surface area contributed by atoms with Gasteiger partial charge in [0.25, 0.3) is 0 Å². The van der Waals surface area contributed by atoms with Crippen molar-refractivity contribution in [3.8, 4) is 0 Å². The molecular weight excluding hydrogens is 160 g/mol. The van der Waals surface area contributed by atoms with Crippen molar-refractivity contribution >= 4 is 0 Å². The molecule has 0 bridgehead atoms. The maximum atomic E-state index is 3.30. The van der Waals surface area contributed by atoms with Crippen LogP contribution in [-0.2, 0) is 0 Å². The molecule has 1 rings (SSSR count). The van der Waals surface area contributed by atoms with E-state index in [1.165, 1.54) is 25.8 Å². The molecule has 0 spiro atoms. The lowest BCUT2D eigenvalue weighted by molar-refractivity contribution is 0.0534. The SMILES string of the molecule is CC[C@H]1CC(C(C)C)CCN1NC. The number of piperidine rings is 1.